The van der Waals surface area contributed by atoms with Crippen molar-refractivity contribution >= 4 is 62.8 Å². The predicted octanol–water partition coefficient (Wildman–Crippen LogP) is 18.6. The van der Waals surface area contributed by atoms with Crippen LogP contribution in [0.1, 0.15) is 214 Å². The summed E-state index contributed by atoms with van der Waals surface area (Å²) in [6.45, 7) is 31.2. The van der Waals surface area contributed by atoms with Crippen LogP contribution in [-0.4, -0.2) is 108 Å². The number of para-hydroxylation sites is 2. The molecule has 3 aliphatic heterocycles. The molecule has 610 valence electrons. The molecule has 7 aliphatic rings. The second-order valence-electron chi connectivity index (χ2n) is 32.8. The molecule has 111 heavy (non-hydrogen) atoms. The Hall–Kier alpha value is -8.16. The molecule has 25 heteroatoms. The molecule has 0 aromatic heterocycles. The molecule has 0 radical (unpaired) electrons. The van der Waals surface area contributed by atoms with Gasteiger partial charge < -0.3 is 52.3 Å². The van der Waals surface area contributed by atoms with Gasteiger partial charge in [0.25, 0.3) is 0 Å². The number of alkyl halides is 3. The fourth-order valence-corrected chi connectivity index (χ4v) is 16.1. The minimum atomic E-state index is -5.36. The zero-order valence-electron chi connectivity index (χ0n) is 67.0. The molecular formula is C86H113F3O20S2. The van der Waals surface area contributed by atoms with E-state index in [1.54, 1.807) is 32.9 Å². The molecule has 4 aliphatic carbocycles. The van der Waals surface area contributed by atoms with E-state index in [0.717, 1.165) is 75.0 Å². The van der Waals surface area contributed by atoms with Gasteiger partial charge in [0.15, 0.2) is 16.4 Å². The molecule has 8 atom stereocenters. The summed E-state index contributed by atoms with van der Waals surface area (Å²) in [6.07, 6.45) is 4.84. The van der Waals surface area contributed by atoms with Crippen LogP contribution < -0.4 is 18.9 Å². The van der Waals surface area contributed by atoms with Crippen LogP contribution in [0, 0.1) is 50.7 Å². The Bertz CT molecular complexity index is 4040. The quantitative estimate of drug-likeness (QED) is 0.0244. The van der Waals surface area contributed by atoms with Crippen LogP contribution >= 0.6 is 0 Å². The summed E-state index contributed by atoms with van der Waals surface area (Å²) in [5.74, 6) is -5.25. The average molecular weight is 1590 g/mol. The highest BCUT2D eigenvalue weighted by molar-refractivity contribution is 7.97. The van der Waals surface area contributed by atoms with Gasteiger partial charge in [-0.2, -0.15) is 13.2 Å². The van der Waals surface area contributed by atoms with E-state index >= 15 is 0 Å². The first-order valence-corrected chi connectivity index (χ1v) is 41.4. The Morgan fingerprint density at radius 3 is 1.50 bits per heavy atom. The lowest BCUT2D eigenvalue weighted by molar-refractivity contribution is -0.220. The smallest absolute Gasteiger partial charge is 0.426 e. The monoisotopic (exact) mass is 1590 g/mol. The normalized spacial score (nSPS) is 22.1. The van der Waals surface area contributed by atoms with Gasteiger partial charge in [0.1, 0.15) is 57.3 Å². The molecule has 4 saturated carbocycles. The van der Waals surface area contributed by atoms with Gasteiger partial charge in [-0.25, -0.2) is 8.42 Å². The number of hydrogen-bond acceptors (Lipinski definition) is 20. The van der Waals surface area contributed by atoms with Crippen molar-refractivity contribution in [3.05, 3.63) is 127 Å². The van der Waals surface area contributed by atoms with Crippen LogP contribution in [0.5, 0.6) is 34.5 Å². The first-order chi connectivity index (χ1) is 51.9. The standard InChI is InChI=1S/C19H28O3.C18H23F3O9S.C18H13OS.C12H16O3.C12H22O2.C7H12O2/c1-5-18(2,3)17(20)21-15-9-11-16(12-10-15)22-19(4)13-7-6-8-14-19;1-4-17(2,3)16(24)30-13-8-5-7-11(15(23)29-12(7)13)10(8)14(22)28-9(18(19,20)21)6-31(25,26)27;1-2-8-14(9-3-1)20-17-12-6-4-10-15(17)19-16-11-5-7-13-18(16)20;1-4-12(2,3)11(14)15-10-7-5-9(13)6-8-10;1-5-11(2,3)10(13)14-12(4)8-6-7-9-12;1-3-7(2)4-5-9-6(7)8/h9-12H,5-8,13-14H2,1-4H3;7-13H,4-6H2,1-3H3,(H,25,26,27);1-13H;5-8,13H,4H2,1-3H3;5-9H2,1-4H3;3-5H2,1-2H3/q;;+1;;;/p-1. The van der Waals surface area contributed by atoms with E-state index in [-0.39, 0.29) is 69.0 Å². The van der Waals surface area contributed by atoms with Crippen LogP contribution in [0.25, 0.3) is 0 Å². The Balaban J connectivity index is 0.000000192. The number of rotatable bonds is 20. The summed E-state index contributed by atoms with van der Waals surface area (Å²) in [6, 6.07) is 40.8. The summed E-state index contributed by atoms with van der Waals surface area (Å²) < 4.78 is 120. The fourth-order valence-electron chi connectivity index (χ4n) is 13.2. The van der Waals surface area contributed by atoms with Crippen molar-refractivity contribution in [2.24, 2.45) is 50.7 Å². The molecule has 12 rings (SSSR count). The molecule has 8 unspecified atom stereocenters. The molecule has 0 spiro atoms. The van der Waals surface area contributed by atoms with Gasteiger partial charge >= 0.3 is 48.0 Å². The van der Waals surface area contributed by atoms with Crippen LogP contribution in [0.15, 0.2) is 142 Å². The Morgan fingerprint density at radius 1 is 0.586 bits per heavy atom. The van der Waals surface area contributed by atoms with Gasteiger partial charge in [-0.15, -0.1) is 0 Å². The summed E-state index contributed by atoms with van der Waals surface area (Å²) in [5, 5.41) is 9.06. The Labute approximate surface area is 655 Å². The number of aromatic hydroxyl groups is 1. The van der Waals surface area contributed by atoms with Gasteiger partial charge in [0, 0.05) is 11.8 Å². The number of ether oxygens (including phenoxy) is 9. The van der Waals surface area contributed by atoms with Crippen molar-refractivity contribution in [2.75, 3.05) is 12.4 Å². The first kappa shape index (κ1) is 90.0. The molecule has 0 amide bonds. The highest BCUT2D eigenvalue weighted by Gasteiger charge is 2.71. The van der Waals surface area contributed by atoms with Crippen LogP contribution in [0.3, 0.4) is 0 Å². The molecule has 2 bridgehead atoms. The van der Waals surface area contributed by atoms with Gasteiger partial charge in [-0.3, -0.25) is 33.6 Å². The van der Waals surface area contributed by atoms with Gasteiger partial charge in [0.2, 0.25) is 15.9 Å². The zero-order chi connectivity index (χ0) is 82.3. The first-order valence-electron chi connectivity index (χ1n) is 38.6. The van der Waals surface area contributed by atoms with E-state index in [4.69, 9.17) is 43.0 Å². The minimum absolute atomic E-state index is 0.0231. The van der Waals surface area contributed by atoms with E-state index in [2.05, 4.69) is 73.2 Å². The van der Waals surface area contributed by atoms with Crippen molar-refractivity contribution in [3.8, 4) is 34.5 Å². The number of fused-ring (bicyclic) bond motifs is 3. The summed E-state index contributed by atoms with van der Waals surface area (Å²) in [7, 11) is -5.44. The number of carbonyl (C=O) groups is 7. The Kier molecular flexibility index (Phi) is 30.5. The summed E-state index contributed by atoms with van der Waals surface area (Å²) >= 11 is 0. The molecule has 1 N–H and O–H groups in total. The van der Waals surface area contributed by atoms with E-state index in [1.807, 2.05) is 125 Å². The molecule has 2 saturated heterocycles. The number of phenols is 1. The van der Waals surface area contributed by atoms with Gasteiger partial charge in [-0.1, -0.05) is 83.5 Å². The van der Waals surface area contributed by atoms with E-state index in [9.17, 15) is 59.7 Å². The van der Waals surface area contributed by atoms with Crippen molar-refractivity contribution in [1.29, 1.82) is 0 Å². The van der Waals surface area contributed by atoms with Crippen molar-refractivity contribution in [3.63, 3.8) is 0 Å². The molecule has 20 nitrogen and oxygen atoms in total. The van der Waals surface area contributed by atoms with Crippen LogP contribution in [0.2, 0.25) is 0 Å². The Morgan fingerprint density at radius 2 is 1.04 bits per heavy atom. The summed E-state index contributed by atoms with van der Waals surface area (Å²) in [5.41, 5.74) is -2.53. The van der Waals surface area contributed by atoms with Crippen molar-refractivity contribution < 1.29 is 107 Å². The maximum Gasteiger partial charge on any atom is 0.426 e. The molecule has 6 fully saturated rings. The zero-order valence-corrected chi connectivity index (χ0v) is 68.7. The average Bonchev–Trinajstić information content (AvgIpc) is 1.55. The number of benzene rings is 5. The SMILES string of the molecule is CCC(C)(C)C(=O)OC1(C)CCCC1.CCC(C)(C)C(=O)OC1C2CC3C1OC(=O)C3C2C(=O)OC(CS(=O)(=O)[O-])C(F)(F)F.CCC(C)(C)C(=O)Oc1ccc(O)cc1.CCC(C)(C)C(=O)Oc1ccc(OC2(C)CCCCC2)cc1.CCC1(C)CCOC1=O.c1ccc([S+]2c3ccccc3Oc3ccccc32)cc1. The number of halogens is 3. The van der Waals surface area contributed by atoms with Crippen LogP contribution in [0.4, 0.5) is 13.2 Å². The number of phenolic OH excluding ortho intramolecular Hbond substituents is 1. The molecular weight excluding hydrogens is 1470 g/mol. The highest BCUT2D eigenvalue weighted by atomic mass is 32.2. The molecule has 5 aromatic rings. The van der Waals surface area contributed by atoms with E-state index in [1.165, 1.54) is 58.9 Å². The molecule has 3 heterocycles. The maximum atomic E-state index is 13.1. The third kappa shape index (κ3) is 24.0. The van der Waals surface area contributed by atoms with Crippen molar-refractivity contribution in [2.45, 2.75) is 264 Å². The van der Waals surface area contributed by atoms with Gasteiger partial charge in [0.05, 0.1) is 61.4 Å². The minimum Gasteiger partial charge on any atom is -0.748 e. The maximum absolute atomic E-state index is 13.1. The predicted molar refractivity (Wildman–Crippen MR) is 412 cm³/mol. The largest absolute Gasteiger partial charge is 0.748 e. The third-order valence-corrected chi connectivity index (χ3v) is 25.6. The third-order valence-electron chi connectivity index (χ3n) is 22.6. The highest BCUT2D eigenvalue weighted by Crippen LogP contribution is 2.60. The fraction of sp³-hybridized carbons (Fsp3) is 0.570. The lowest BCUT2D eigenvalue weighted by atomic mass is 9.78. The van der Waals surface area contributed by atoms with Crippen LogP contribution in [-0.2, 0) is 78.3 Å². The second-order valence-corrected chi connectivity index (χ2v) is 36.3. The number of cyclic esters (lactones) is 1. The van der Waals surface area contributed by atoms with Crippen molar-refractivity contribution in [1.82, 2.24) is 0 Å². The number of carbonyl (C=O) groups excluding carboxylic acids is 7. The van der Waals surface area contributed by atoms with E-state index in [0.29, 0.717) is 24.5 Å². The number of esters is 7. The number of hydrogen-bond donors (Lipinski definition) is 1. The lowest BCUT2D eigenvalue weighted by Crippen LogP contribution is -2.47. The summed E-state index contributed by atoms with van der Waals surface area (Å²) in [4.78, 5) is 87.7. The topological polar surface area (TPSA) is 280 Å². The second kappa shape index (κ2) is 37.7. The van der Waals surface area contributed by atoms with Gasteiger partial charge in [-0.05, 0) is 257 Å². The molecule has 5 aromatic carbocycles. The lowest BCUT2D eigenvalue weighted by Gasteiger charge is -2.34. The van der Waals surface area contributed by atoms with E-state index < -0.39 is 98.2 Å².